The Labute approximate surface area is 182 Å². The molecule has 4 heteroatoms. The first-order valence-corrected chi connectivity index (χ1v) is 11.8. The number of nitrogens with zero attached hydrogens (tertiary/aromatic N) is 3. The number of hydrogen-bond donors (Lipinski definition) is 0. The van der Waals surface area contributed by atoms with Gasteiger partial charge in [0.15, 0.2) is 0 Å². The third-order valence-corrected chi connectivity index (χ3v) is 8.39. The normalized spacial score (nSPS) is 30.9. The standard InChI is InChI=1S/C26H37N3O/c1-20-9-11-21(12-10-20)30-18-6-14-28-15-13-26(3)25(2,19-28)22-7-5-8-23-24(22)29(26)17-16-27(23)4/h7,9-12H,5-6,8,13-19H2,1-4H3/t25-,26-/m0/s1. The van der Waals surface area contributed by atoms with Gasteiger partial charge in [0.25, 0.3) is 0 Å². The molecule has 162 valence electrons. The maximum atomic E-state index is 5.98. The molecule has 1 aromatic carbocycles. The predicted octanol–water partition coefficient (Wildman–Crippen LogP) is 4.43. The Hall–Kier alpha value is -1.94. The second-order valence-corrected chi connectivity index (χ2v) is 10.2. The number of allylic oxidation sites excluding steroid dienone is 3. The molecular formula is C26H37N3O. The van der Waals surface area contributed by atoms with Crippen molar-refractivity contribution in [3.63, 3.8) is 0 Å². The Morgan fingerprint density at radius 1 is 1.07 bits per heavy atom. The number of hydrogen-bond acceptors (Lipinski definition) is 4. The number of likely N-dealkylation sites (tertiary alicyclic amines) is 1. The van der Waals surface area contributed by atoms with Gasteiger partial charge in [-0.25, -0.2) is 0 Å². The van der Waals surface area contributed by atoms with Crippen molar-refractivity contribution in [2.24, 2.45) is 5.41 Å². The van der Waals surface area contributed by atoms with Crippen molar-refractivity contribution < 1.29 is 4.74 Å². The quantitative estimate of drug-likeness (QED) is 0.672. The van der Waals surface area contributed by atoms with Gasteiger partial charge < -0.3 is 19.4 Å². The molecule has 5 rings (SSSR count). The van der Waals surface area contributed by atoms with Crippen molar-refractivity contribution in [3.8, 4) is 5.75 Å². The third kappa shape index (κ3) is 2.98. The molecule has 1 aromatic rings. The van der Waals surface area contributed by atoms with Crippen molar-refractivity contribution in [1.29, 1.82) is 0 Å². The van der Waals surface area contributed by atoms with Crippen LogP contribution in [-0.2, 0) is 0 Å². The first-order chi connectivity index (χ1) is 14.4. The van der Waals surface area contributed by atoms with Crippen molar-refractivity contribution in [3.05, 3.63) is 52.9 Å². The summed E-state index contributed by atoms with van der Waals surface area (Å²) in [5.74, 6) is 0.988. The highest BCUT2D eigenvalue weighted by Crippen LogP contribution is 2.60. The molecule has 2 saturated heterocycles. The summed E-state index contributed by atoms with van der Waals surface area (Å²) in [5, 5.41) is 0. The molecular weight excluding hydrogens is 370 g/mol. The van der Waals surface area contributed by atoms with Gasteiger partial charge in [0.1, 0.15) is 5.75 Å². The first-order valence-electron chi connectivity index (χ1n) is 11.8. The van der Waals surface area contributed by atoms with E-state index >= 15 is 0 Å². The molecule has 0 unspecified atom stereocenters. The van der Waals surface area contributed by atoms with E-state index in [-0.39, 0.29) is 11.0 Å². The van der Waals surface area contributed by atoms with E-state index < -0.39 is 0 Å². The van der Waals surface area contributed by atoms with Gasteiger partial charge in [0, 0.05) is 56.4 Å². The molecule has 3 heterocycles. The lowest BCUT2D eigenvalue weighted by Gasteiger charge is -2.53. The molecule has 3 aliphatic heterocycles. The molecule has 4 nitrogen and oxygen atoms in total. The minimum absolute atomic E-state index is 0.218. The Kier molecular flexibility index (Phi) is 4.89. The van der Waals surface area contributed by atoms with Gasteiger partial charge in [-0.1, -0.05) is 30.7 Å². The second kappa shape index (κ2) is 7.33. The molecule has 0 saturated carbocycles. The third-order valence-electron chi connectivity index (χ3n) is 8.39. The fourth-order valence-corrected chi connectivity index (χ4v) is 6.33. The van der Waals surface area contributed by atoms with E-state index in [2.05, 4.69) is 72.9 Å². The van der Waals surface area contributed by atoms with Crippen LogP contribution >= 0.6 is 0 Å². The number of piperidine rings is 1. The maximum Gasteiger partial charge on any atom is 0.119 e. The molecule has 2 atom stereocenters. The largest absolute Gasteiger partial charge is 0.494 e. The lowest BCUT2D eigenvalue weighted by molar-refractivity contribution is -0.0106. The fourth-order valence-electron chi connectivity index (χ4n) is 6.33. The molecule has 4 aliphatic rings. The summed E-state index contributed by atoms with van der Waals surface area (Å²) < 4.78 is 5.98. The van der Waals surface area contributed by atoms with Gasteiger partial charge in [0.05, 0.1) is 12.3 Å². The number of rotatable bonds is 5. The molecule has 0 aromatic heterocycles. The Morgan fingerprint density at radius 2 is 1.87 bits per heavy atom. The molecule has 1 aliphatic carbocycles. The number of aryl methyl sites for hydroxylation is 1. The topological polar surface area (TPSA) is 19.0 Å². The zero-order chi connectivity index (χ0) is 20.9. The van der Waals surface area contributed by atoms with Gasteiger partial charge in [-0.15, -0.1) is 0 Å². The van der Waals surface area contributed by atoms with E-state index in [9.17, 15) is 0 Å². The van der Waals surface area contributed by atoms with Crippen LogP contribution in [0, 0.1) is 12.3 Å². The zero-order valence-electron chi connectivity index (χ0n) is 19.2. The van der Waals surface area contributed by atoms with Crippen molar-refractivity contribution >= 4 is 0 Å². The second-order valence-electron chi connectivity index (χ2n) is 10.2. The summed E-state index contributed by atoms with van der Waals surface area (Å²) in [4.78, 5) is 8.01. The number of benzene rings is 1. The molecule has 0 N–H and O–H groups in total. The van der Waals surface area contributed by atoms with Gasteiger partial charge in [-0.3, -0.25) is 0 Å². The van der Waals surface area contributed by atoms with Crippen LogP contribution in [0.15, 0.2) is 47.3 Å². The van der Waals surface area contributed by atoms with Crippen LogP contribution in [0.2, 0.25) is 0 Å². The summed E-state index contributed by atoms with van der Waals surface area (Å²) in [6.07, 6.45) is 7.31. The van der Waals surface area contributed by atoms with E-state index in [1.54, 1.807) is 17.0 Å². The predicted molar refractivity (Wildman–Crippen MR) is 123 cm³/mol. The lowest BCUT2D eigenvalue weighted by Crippen LogP contribution is -2.61. The summed E-state index contributed by atoms with van der Waals surface area (Å²) in [7, 11) is 2.29. The van der Waals surface area contributed by atoms with Gasteiger partial charge in [0.2, 0.25) is 0 Å². The number of fused-ring (bicyclic) bond motifs is 3. The van der Waals surface area contributed by atoms with Gasteiger partial charge in [-0.2, -0.15) is 0 Å². The Bertz CT molecular complexity index is 873. The highest BCUT2D eigenvalue weighted by atomic mass is 16.5. The Balaban J connectivity index is 1.27. The summed E-state index contributed by atoms with van der Waals surface area (Å²) in [6.45, 7) is 13.8. The zero-order valence-corrected chi connectivity index (χ0v) is 19.2. The molecule has 0 amide bonds. The van der Waals surface area contributed by atoms with Crippen LogP contribution in [0.5, 0.6) is 5.75 Å². The lowest BCUT2D eigenvalue weighted by atomic mass is 9.65. The number of ether oxygens (including phenoxy) is 1. The van der Waals surface area contributed by atoms with Gasteiger partial charge in [-0.05, 0) is 57.2 Å². The molecule has 0 radical (unpaired) electrons. The maximum absolute atomic E-state index is 5.98. The van der Waals surface area contributed by atoms with E-state index in [0.29, 0.717) is 0 Å². The van der Waals surface area contributed by atoms with Crippen LogP contribution in [0.25, 0.3) is 0 Å². The minimum atomic E-state index is 0.218. The molecule has 30 heavy (non-hydrogen) atoms. The minimum Gasteiger partial charge on any atom is -0.494 e. The van der Waals surface area contributed by atoms with E-state index in [0.717, 1.165) is 38.4 Å². The molecule has 0 spiro atoms. The number of likely N-dealkylation sites (N-methyl/N-ethyl adjacent to an activating group) is 1. The van der Waals surface area contributed by atoms with Crippen molar-refractivity contribution in [2.75, 3.05) is 46.4 Å². The van der Waals surface area contributed by atoms with Crippen LogP contribution in [0.4, 0.5) is 0 Å². The first kappa shape index (κ1) is 20.0. The van der Waals surface area contributed by atoms with Crippen molar-refractivity contribution in [2.45, 2.75) is 52.0 Å². The summed E-state index contributed by atoms with van der Waals surface area (Å²) >= 11 is 0. The SMILES string of the molecule is Cc1ccc(OCCCN2CC[C@]3(C)N4CCN(C)C5=C4C(=CCC5)[C@]3(C)C2)cc1. The van der Waals surface area contributed by atoms with Crippen LogP contribution in [-0.4, -0.2) is 66.6 Å². The van der Waals surface area contributed by atoms with E-state index in [4.69, 9.17) is 4.74 Å². The highest BCUT2D eigenvalue weighted by molar-refractivity contribution is 5.51. The van der Waals surface area contributed by atoms with E-state index in [1.807, 2.05) is 0 Å². The van der Waals surface area contributed by atoms with Crippen LogP contribution < -0.4 is 4.74 Å². The molecule has 0 bridgehead atoms. The smallest absolute Gasteiger partial charge is 0.119 e. The average Bonchev–Trinajstić information content (AvgIpc) is 2.94. The monoisotopic (exact) mass is 407 g/mol. The Morgan fingerprint density at radius 3 is 2.67 bits per heavy atom. The highest BCUT2D eigenvalue weighted by Gasteiger charge is 2.61. The van der Waals surface area contributed by atoms with Gasteiger partial charge >= 0.3 is 0 Å². The van der Waals surface area contributed by atoms with Crippen LogP contribution in [0.3, 0.4) is 0 Å². The van der Waals surface area contributed by atoms with Crippen LogP contribution in [0.1, 0.15) is 45.1 Å². The average molecular weight is 408 g/mol. The molecule has 2 fully saturated rings. The van der Waals surface area contributed by atoms with Crippen molar-refractivity contribution in [1.82, 2.24) is 14.7 Å². The summed E-state index contributed by atoms with van der Waals surface area (Å²) in [5.41, 5.74) is 6.56. The van der Waals surface area contributed by atoms with E-state index in [1.165, 1.54) is 37.9 Å². The fraction of sp³-hybridized carbons (Fsp3) is 0.615. The summed E-state index contributed by atoms with van der Waals surface area (Å²) in [6, 6.07) is 8.40.